The van der Waals surface area contributed by atoms with E-state index in [4.69, 9.17) is 14.5 Å². The topological polar surface area (TPSA) is 92.4 Å². The third-order valence-corrected chi connectivity index (χ3v) is 11.6. The van der Waals surface area contributed by atoms with Gasteiger partial charge in [-0.15, -0.1) is 0 Å². The third-order valence-electron chi connectivity index (χ3n) is 7.68. The lowest BCUT2D eigenvalue weighted by molar-refractivity contribution is 0.0922. The molecule has 0 aliphatic carbocycles. The number of hydrogen-bond acceptors (Lipinski definition) is 6. The van der Waals surface area contributed by atoms with Gasteiger partial charge in [0.2, 0.25) is 0 Å². The summed E-state index contributed by atoms with van der Waals surface area (Å²) in [6, 6.07) is 1.81. The molecule has 2 fully saturated rings. The van der Waals surface area contributed by atoms with E-state index in [9.17, 15) is 9.90 Å². The minimum absolute atomic E-state index is 0.105. The van der Waals surface area contributed by atoms with Crippen LogP contribution in [0.1, 0.15) is 37.3 Å². The van der Waals surface area contributed by atoms with Crippen molar-refractivity contribution in [2.75, 3.05) is 31.6 Å². The molecule has 0 spiro atoms. The molecule has 2 aromatic rings. The van der Waals surface area contributed by atoms with Gasteiger partial charge in [-0.1, -0.05) is 39.3 Å². The Balaban J connectivity index is 1.65. The SMILES string of the molecule is C[Si](C)(C)CCOCN(COCC[Si](C)(C)C)c1c(F)c(C2CC3CCC(C2)N3C(=O)O)nc2c(Br)cnn12. The molecule has 2 aliphatic heterocycles. The van der Waals surface area contributed by atoms with Crippen molar-refractivity contribution in [3.63, 3.8) is 0 Å². The fourth-order valence-electron chi connectivity index (χ4n) is 5.47. The van der Waals surface area contributed by atoms with E-state index in [1.165, 1.54) is 4.52 Å². The Labute approximate surface area is 241 Å². The number of ether oxygens (including phenoxy) is 2. The molecule has 0 radical (unpaired) electrons. The maximum absolute atomic E-state index is 16.6. The minimum atomic E-state index is -1.29. The van der Waals surface area contributed by atoms with Crippen LogP contribution in [0.25, 0.3) is 5.65 Å². The molecule has 9 nitrogen and oxygen atoms in total. The van der Waals surface area contributed by atoms with Crippen LogP contribution in [-0.2, 0) is 9.47 Å². The second-order valence-corrected chi connectivity index (χ2v) is 25.4. The molecule has 1 amide bonds. The first-order valence-electron chi connectivity index (χ1n) is 13.9. The van der Waals surface area contributed by atoms with E-state index in [0.29, 0.717) is 41.9 Å². The fraction of sp³-hybridized carbons (Fsp3) is 0.731. The van der Waals surface area contributed by atoms with Gasteiger partial charge >= 0.3 is 6.09 Å². The molecule has 2 aliphatic rings. The second-order valence-electron chi connectivity index (χ2n) is 13.3. The summed E-state index contributed by atoms with van der Waals surface area (Å²) in [6.07, 6.45) is 3.48. The van der Waals surface area contributed by atoms with Crippen molar-refractivity contribution in [3.8, 4) is 0 Å². The van der Waals surface area contributed by atoms with Crippen molar-refractivity contribution in [3.05, 3.63) is 22.2 Å². The highest BCUT2D eigenvalue weighted by Gasteiger charge is 2.45. The largest absolute Gasteiger partial charge is 0.465 e. The number of amides is 1. The van der Waals surface area contributed by atoms with E-state index >= 15 is 4.39 Å². The number of nitrogens with zero attached hydrogens (tertiary/aromatic N) is 5. The van der Waals surface area contributed by atoms with Gasteiger partial charge in [0.05, 0.1) is 16.4 Å². The fourth-order valence-corrected chi connectivity index (χ4v) is 7.33. The standard InChI is InChI=1S/C26H43BrFN5O4Si2/c1-38(2,3)11-9-36-16-31(17-37-10-12-39(4,5)6)25-22(28)23(30-24-21(27)15-29-33(24)25)18-13-19-7-8-20(14-18)32(19)26(34)35/h15,18-20H,7-14,16-17H2,1-6H3,(H,34,35). The molecular weight excluding hydrogens is 601 g/mol. The zero-order chi connectivity index (χ0) is 28.5. The van der Waals surface area contributed by atoms with Gasteiger partial charge in [-0.25, -0.2) is 14.2 Å². The van der Waals surface area contributed by atoms with Gasteiger partial charge in [0.25, 0.3) is 0 Å². The third kappa shape index (κ3) is 7.40. The van der Waals surface area contributed by atoms with Gasteiger partial charge in [0.1, 0.15) is 13.5 Å². The molecule has 2 unspecified atom stereocenters. The zero-order valence-electron chi connectivity index (χ0n) is 24.0. The van der Waals surface area contributed by atoms with E-state index in [2.05, 4.69) is 60.3 Å². The van der Waals surface area contributed by atoms with Crippen LogP contribution >= 0.6 is 15.9 Å². The summed E-state index contributed by atoms with van der Waals surface area (Å²) in [5, 5.41) is 14.1. The van der Waals surface area contributed by atoms with Crippen molar-refractivity contribution >= 4 is 49.6 Å². The summed E-state index contributed by atoms with van der Waals surface area (Å²) in [7, 11) is -2.58. The van der Waals surface area contributed by atoms with Gasteiger partial charge in [0.15, 0.2) is 17.3 Å². The van der Waals surface area contributed by atoms with Crippen LogP contribution in [0, 0.1) is 5.82 Å². The number of aromatic nitrogens is 3. The average Bonchev–Trinajstić information content (AvgIpc) is 3.32. The molecule has 39 heavy (non-hydrogen) atoms. The van der Waals surface area contributed by atoms with Gasteiger partial charge in [-0.05, 0) is 53.7 Å². The molecule has 4 rings (SSSR count). The van der Waals surface area contributed by atoms with E-state index < -0.39 is 28.1 Å². The van der Waals surface area contributed by atoms with E-state index in [1.54, 1.807) is 16.0 Å². The lowest BCUT2D eigenvalue weighted by Crippen LogP contribution is -2.45. The molecule has 2 bridgehead atoms. The highest BCUT2D eigenvalue weighted by atomic mass is 79.9. The first-order valence-corrected chi connectivity index (χ1v) is 22.1. The number of rotatable bonds is 12. The number of piperidine rings is 1. The summed E-state index contributed by atoms with van der Waals surface area (Å²) in [5.41, 5.74) is 0.901. The van der Waals surface area contributed by atoms with Crippen LogP contribution in [0.3, 0.4) is 0 Å². The van der Waals surface area contributed by atoms with E-state index in [0.717, 1.165) is 24.9 Å². The Kier molecular flexibility index (Phi) is 9.46. The Hall–Kier alpha value is -1.55. The maximum atomic E-state index is 16.6. The lowest BCUT2D eigenvalue weighted by Gasteiger charge is -2.37. The summed E-state index contributed by atoms with van der Waals surface area (Å²) in [6.45, 7) is 15.4. The van der Waals surface area contributed by atoms with Crippen molar-refractivity contribution in [2.24, 2.45) is 0 Å². The monoisotopic (exact) mass is 643 g/mol. The molecule has 2 atom stereocenters. The highest BCUT2D eigenvalue weighted by molar-refractivity contribution is 9.10. The predicted octanol–water partition coefficient (Wildman–Crippen LogP) is 6.45. The van der Waals surface area contributed by atoms with Crippen molar-refractivity contribution in [1.82, 2.24) is 19.5 Å². The number of fused-ring (bicyclic) bond motifs is 3. The summed E-state index contributed by atoms with van der Waals surface area (Å²) >= 11 is 3.54. The Bertz CT molecular complexity index is 1140. The summed E-state index contributed by atoms with van der Waals surface area (Å²) in [4.78, 5) is 19.9. The molecule has 0 aromatic carbocycles. The van der Waals surface area contributed by atoms with Gasteiger partial charge in [-0.2, -0.15) is 9.61 Å². The molecule has 4 heterocycles. The Morgan fingerprint density at radius 3 is 2.10 bits per heavy atom. The first kappa shape index (κ1) is 30.4. The Morgan fingerprint density at radius 2 is 1.62 bits per heavy atom. The highest BCUT2D eigenvalue weighted by Crippen LogP contribution is 2.44. The van der Waals surface area contributed by atoms with E-state index in [1.807, 2.05) is 0 Å². The summed E-state index contributed by atoms with van der Waals surface area (Å²) < 4.78 is 30.9. The van der Waals surface area contributed by atoms with Crippen LogP contribution in [0.2, 0.25) is 51.4 Å². The Morgan fingerprint density at radius 1 is 1.08 bits per heavy atom. The predicted molar refractivity (Wildman–Crippen MR) is 160 cm³/mol. The molecule has 0 saturated carbocycles. The zero-order valence-corrected chi connectivity index (χ0v) is 27.6. The minimum Gasteiger partial charge on any atom is -0.465 e. The van der Waals surface area contributed by atoms with Crippen molar-refractivity contribution in [1.29, 1.82) is 0 Å². The van der Waals surface area contributed by atoms with Crippen LogP contribution in [0.4, 0.5) is 15.0 Å². The normalized spacial score (nSPS) is 21.6. The molecule has 13 heteroatoms. The smallest absolute Gasteiger partial charge is 0.407 e. The number of carboxylic acid groups (broad SMARTS) is 1. The van der Waals surface area contributed by atoms with E-state index in [-0.39, 0.29) is 37.3 Å². The lowest BCUT2D eigenvalue weighted by atomic mass is 9.88. The molecule has 2 aromatic heterocycles. The van der Waals surface area contributed by atoms with Crippen molar-refractivity contribution < 1.29 is 23.8 Å². The molecule has 1 N–H and O–H groups in total. The van der Waals surface area contributed by atoms with Crippen LogP contribution in [-0.4, -0.2) is 85.6 Å². The van der Waals surface area contributed by atoms with Crippen LogP contribution in [0.15, 0.2) is 10.7 Å². The second kappa shape index (κ2) is 12.1. The molecular formula is C26H43BrFN5O4Si2. The number of halogens is 2. The number of carbonyl (C=O) groups is 1. The first-order chi connectivity index (χ1) is 18.2. The van der Waals surface area contributed by atoms with Gasteiger partial charge in [0, 0.05) is 47.4 Å². The summed E-state index contributed by atoms with van der Waals surface area (Å²) in [5.74, 6) is -0.338. The molecule has 2 saturated heterocycles. The quantitative estimate of drug-likeness (QED) is 0.161. The van der Waals surface area contributed by atoms with Gasteiger partial charge < -0.3 is 24.4 Å². The van der Waals surface area contributed by atoms with Crippen molar-refractivity contribution in [2.45, 2.75) is 95.1 Å². The van der Waals surface area contributed by atoms with Crippen LogP contribution in [0.5, 0.6) is 0 Å². The molecule has 218 valence electrons. The van der Waals surface area contributed by atoms with Gasteiger partial charge in [-0.3, -0.25) is 0 Å². The maximum Gasteiger partial charge on any atom is 0.407 e. The number of anilines is 1. The number of hydrogen-bond donors (Lipinski definition) is 1. The average molecular weight is 645 g/mol. The van der Waals surface area contributed by atoms with Crippen LogP contribution < -0.4 is 4.90 Å².